The Morgan fingerprint density at radius 1 is 0.828 bits per heavy atom. The maximum Gasteiger partial charge on any atom is 0.416 e. The van der Waals surface area contributed by atoms with E-state index in [9.17, 15) is 17.6 Å². The summed E-state index contributed by atoms with van der Waals surface area (Å²) in [5.41, 5.74) is 2.05. The Kier molecular flexibility index (Phi) is 4.66. The summed E-state index contributed by atoms with van der Waals surface area (Å²) < 4.78 is 52.4. The molecule has 1 N–H and O–H groups in total. The van der Waals surface area contributed by atoms with Gasteiger partial charge < -0.3 is 5.32 Å². The maximum atomic E-state index is 14.1. The SMILES string of the molecule is Cc1cc2c(Nc3cc(-c4ccc(C(F)(F)F)cc4)ccn3)ccc(F)c2cn1. The number of hydrogen-bond donors (Lipinski definition) is 1. The minimum absolute atomic E-state index is 0.371. The third-order valence-corrected chi connectivity index (χ3v) is 4.55. The smallest absolute Gasteiger partial charge is 0.340 e. The largest absolute Gasteiger partial charge is 0.416 e. The van der Waals surface area contributed by atoms with Crippen molar-refractivity contribution in [3.8, 4) is 11.1 Å². The fourth-order valence-corrected chi connectivity index (χ4v) is 3.09. The molecular formula is C22H15F4N3. The molecule has 2 heterocycles. The van der Waals surface area contributed by atoms with E-state index in [1.807, 2.05) is 6.92 Å². The summed E-state index contributed by atoms with van der Waals surface area (Å²) in [7, 11) is 0. The minimum atomic E-state index is -4.37. The van der Waals surface area contributed by atoms with Crippen LogP contribution in [0.2, 0.25) is 0 Å². The van der Waals surface area contributed by atoms with Crippen LogP contribution in [-0.4, -0.2) is 9.97 Å². The van der Waals surface area contributed by atoms with Crippen molar-refractivity contribution in [3.05, 3.63) is 84.1 Å². The summed E-state index contributed by atoms with van der Waals surface area (Å²) in [5, 5.41) is 4.22. The summed E-state index contributed by atoms with van der Waals surface area (Å²) in [5.74, 6) is 0.120. The Morgan fingerprint density at radius 2 is 1.59 bits per heavy atom. The Bertz CT molecular complexity index is 1190. The number of pyridine rings is 2. The van der Waals surface area contributed by atoms with Gasteiger partial charge in [0.15, 0.2) is 0 Å². The second-order valence-electron chi connectivity index (χ2n) is 6.60. The number of nitrogens with zero attached hydrogens (tertiary/aromatic N) is 2. The lowest BCUT2D eigenvalue weighted by atomic mass is 10.0. The number of benzene rings is 2. The zero-order valence-corrected chi connectivity index (χ0v) is 15.3. The van der Waals surface area contributed by atoms with Gasteiger partial charge in [-0.2, -0.15) is 13.2 Å². The van der Waals surface area contributed by atoms with Crippen LogP contribution < -0.4 is 5.32 Å². The fourth-order valence-electron chi connectivity index (χ4n) is 3.09. The molecule has 2 aromatic carbocycles. The fraction of sp³-hybridized carbons (Fsp3) is 0.0909. The zero-order chi connectivity index (χ0) is 20.6. The van der Waals surface area contributed by atoms with Crippen LogP contribution in [0, 0.1) is 12.7 Å². The molecular weight excluding hydrogens is 382 g/mol. The van der Waals surface area contributed by atoms with Gasteiger partial charge in [0.2, 0.25) is 0 Å². The number of anilines is 2. The van der Waals surface area contributed by atoms with Gasteiger partial charge in [-0.15, -0.1) is 0 Å². The second kappa shape index (κ2) is 7.16. The lowest BCUT2D eigenvalue weighted by Crippen LogP contribution is -2.04. The van der Waals surface area contributed by atoms with Crippen LogP contribution in [0.3, 0.4) is 0 Å². The minimum Gasteiger partial charge on any atom is -0.340 e. The van der Waals surface area contributed by atoms with Crippen LogP contribution in [0.25, 0.3) is 21.9 Å². The molecule has 3 nitrogen and oxygen atoms in total. The average molecular weight is 397 g/mol. The zero-order valence-electron chi connectivity index (χ0n) is 15.3. The van der Waals surface area contributed by atoms with E-state index in [1.54, 1.807) is 30.5 Å². The quantitative estimate of drug-likeness (QED) is 0.401. The summed E-state index contributed by atoms with van der Waals surface area (Å²) in [6.45, 7) is 1.82. The van der Waals surface area contributed by atoms with Gasteiger partial charge >= 0.3 is 6.18 Å². The first-order valence-electron chi connectivity index (χ1n) is 8.77. The van der Waals surface area contributed by atoms with E-state index in [0.29, 0.717) is 33.4 Å². The molecule has 146 valence electrons. The molecule has 0 aliphatic rings. The molecule has 29 heavy (non-hydrogen) atoms. The molecule has 0 bridgehead atoms. The van der Waals surface area contributed by atoms with Crippen molar-refractivity contribution in [3.63, 3.8) is 0 Å². The molecule has 0 aliphatic carbocycles. The Morgan fingerprint density at radius 3 is 2.31 bits per heavy atom. The van der Waals surface area contributed by atoms with Gasteiger partial charge in [0.05, 0.1) is 5.56 Å². The molecule has 0 spiro atoms. The lowest BCUT2D eigenvalue weighted by Gasteiger charge is -2.12. The van der Waals surface area contributed by atoms with Gasteiger partial charge in [0.1, 0.15) is 11.6 Å². The van der Waals surface area contributed by atoms with Crippen molar-refractivity contribution in [2.75, 3.05) is 5.32 Å². The summed E-state index contributed by atoms with van der Waals surface area (Å²) in [6, 6.07) is 13.1. The Balaban J connectivity index is 1.68. The number of fused-ring (bicyclic) bond motifs is 1. The van der Waals surface area contributed by atoms with Gasteiger partial charge in [0, 0.05) is 34.5 Å². The third-order valence-electron chi connectivity index (χ3n) is 4.55. The van der Waals surface area contributed by atoms with Gasteiger partial charge in [-0.05, 0) is 60.5 Å². The van der Waals surface area contributed by atoms with E-state index >= 15 is 0 Å². The van der Waals surface area contributed by atoms with Crippen LogP contribution in [0.5, 0.6) is 0 Å². The van der Waals surface area contributed by atoms with Crippen molar-refractivity contribution in [1.82, 2.24) is 9.97 Å². The Hall–Kier alpha value is -3.48. The molecule has 0 fully saturated rings. The number of halogens is 4. The molecule has 7 heteroatoms. The number of rotatable bonds is 3. The van der Waals surface area contributed by atoms with Crippen molar-refractivity contribution >= 4 is 22.3 Å². The van der Waals surface area contributed by atoms with Gasteiger partial charge in [-0.3, -0.25) is 4.98 Å². The molecule has 0 atom stereocenters. The molecule has 0 unspecified atom stereocenters. The number of nitrogens with one attached hydrogen (secondary N) is 1. The van der Waals surface area contributed by atoms with Gasteiger partial charge in [0.25, 0.3) is 0 Å². The van der Waals surface area contributed by atoms with Crippen LogP contribution in [0.15, 0.2) is 67.0 Å². The highest BCUT2D eigenvalue weighted by atomic mass is 19.4. The van der Waals surface area contributed by atoms with E-state index in [-0.39, 0.29) is 5.82 Å². The van der Waals surface area contributed by atoms with Crippen molar-refractivity contribution < 1.29 is 17.6 Å². The highest BCUT2D eigenvalue weighted by Gasteiger charge is 2.29. The van der Waals surface area contributed by atoms with Crippen LogP contribution in [0.1, 0.15) is 11.3 Å². The standard InChI is InChI=1S/C22H15F4N3/c1-13-10-17-18(12-28-13)19(23)6-7-20(17)29-21-11-15(8-9-27-21)14-2-4-16(5-3-14)22(24,25)26/h2-12H,1H3,(H,27,29). The molecule has 0 saturated heterocycles. The van der Waals surface area contributed by atoms with Crippen molar-refractivity contribution in [2.24, 2.45) is 0 Å². The van der Waals surface area contributed by atoms with Gasteiger partial charge in [-0.1, -0.05) is 12.1 Å². The maximum absolute atomic E-state index is 14.1. The summed E-state index contributed by atoms with van der Waals surface area (Å²) >= 11 is 0. The molecule has 4 aromatic rings. The highest BCUT2D eigenvalue weighted by Crippen LogP contribution is 2.32. The predicted octanol–water partition coefficient (Wildman–Crippen LogP) is 6.51. The second-order valence-corrected chi connectivity index (χ2v) is 6.60. The molecule has 0 amide bonds. The van der Waals surface area contributed by atoms with Crippen molar-refractivity contribution in [1.29, 1.82) is 0 Å². The van der Waals surface area contributed by atoms with Crippen LogP contribution >= 0.6 is 0 Å². The van der Waals surface area contributed by atoms with Crippen LogP contribution in [-0.2, 0) is 6.18 Å². The van der Waals surface area contributed by atoms with Crippen LogP contribution in [0.4, 0.5) is 29.1 Å². The highest BCUT2D eigenvalue weighted by molar-refractivity contribution is 5.95. The van der Waals surface area contributed by atoms with E-state index in [1.165, 1.54) is 24.4 Å². The predicted molar refractivity (Wildman–Crippen MR) is 104 cm³/mol. The summed E-state index contributed by atoms with van der Waals surface area (Å²) in [6.07, 6.45) is -1.33. The number of hydrogen-bond acceptors (Lipinski definition) is 3. The van der Waals surface area contributed by atoms with E-state index < -0.39 is 11.7 Å². The molecule has 0 saturated carbocycles. The molecule has 2 aromatic heterocycles. The van der Waals surface area contributed by atoms with E-state index in [0.717, 1.165) is 17.8 Å². The lowest BCUT2D eigenvalue weighted by molar-refractivity contribution is -0.137. The normalized spacial score (nSPS) is 11.6. The monoisotopic (exact) mass is 397 g/mol. The number of aryl methyl sites for hydroxylation is 1. The molecule has 0 radical (unpaired) electrons. The summed E-state index contributed by atoms with van der Waals surface area (Å²) in [4.78, 5) is 8.40. The topological polar surface area (TPSA) is 37.8 Å². The molecule has 4 rings (SSSR count). The number of aromatic nitrogens is 2. The molecule has 0 aliphatic heterocycles. The van der Waals surface area contributed by atoms with Gasteiger partial charge in [-0.25, -0.2) is 9.37 Å². The average Bonchev–Trinajstić information content (AvgIpc) is 2.70. The first-order chi connectivity index (χ1) is 13.8. The van der Waals surface area contributed by atoms with Crippen molar-refractivity contribution in [2.45, 2.75) is 13.1 Å². The van der Waals surface area contributed by atoms with E-state index in [4.69, 9.17) is 0 Å². The first-order valence-corrected chi connectivity index (χ1v) is 8.77. The first kappa shape index (κ1) is 18.9. The third kappa shape index (κ3) is 3.89. The Labute approximate surface area is 164 Å². The van der Waals surface area contributed by atoms with E-state index in [2.05, 4.69) is 15.3 Å². The number of alkyl halides is 3.